The molecule has 0 aliphatic carbocycles. The van der Waals surface area contributed by atoms with E-state index >= 15 is 0 Å². The van der Waals surface area contributed by atoms with Crippen molar-refractivity contribution in [3.8, 4) is 0 Å². The average Bonchev–Trinajstić information content (AvgIpc) is 2.65. The Hall–Kier alpha value is -2.35. The van der Waals surface area contributed by atoms with E-state index in [2.05, 4.69) is 35.3 Å². The number of anilines is 1. The van der Waals surface area contributed by atoms with E-state index in [0.717, 1.165) is 13.0 Å². The van der Waals surface area contributed by atoms with Gasteiger partial charge in [0.2, 0.25) is 0 Å². The van der Waals surface area contributed by atoms with Crippen molar-refractivity contribution < 1.29 is 14.3 Å². The molecule has 0 aromatic heterocycles. The molecule has 0 heterocycles. The van der Waals surface area contributed by atoms with Gasteiger partial charge < -0.3 is 10.1 Å². The lowest BCUT2D eigenvalue weighted by atomic mass is 10.0. The highest BCUT2D eigenvalue weighted by Crippen LogP contribution is 2.10. The molecule has 0 spiro atoms. The van der Waals surface area contributed by atoms with Gasteiger partial charge in [0, 0.05) is 17.8 Å². The van der Waals surface area contributed by atoms with Crippen molar-refractivity contribution in [3.63, 3.8) is 0 Å². The number of hydrogen-bond donors (Lipinski definition) is 4. The van der Waals surface area contributed by atoms with E-state index < -0.39 is 6.09 Å². The zero-order valence-electron chi connectivity index (χ0n) is 16.3. The van der Waals surface area contributed by atoms with Gasteiger partial charge in [-0.2, -0.15) is 0 Å². The number of rotatable bonds is 9. The Morgan fingerprint density at radius 3 is 2.44 bits per heavy atom. The Morgan fingerprint density at radius 1 is 1.11 bits per heavy atom. The number of hydrogen-bond acceptors (Lipinski definition) is 4. The molecule has 0 fully saturated rings. The third kappa shape index (κ3) is 9.79. The maximum Gasteiger partial charge on any atom is 0.411 e. The summed E-state index contributed by atoms with van der Waals surface area (Å²) in [5, 5.41) is 6.05. The van der Waals surface area contributed by atoms with E-state index in [1.807, 2.05) is 0 Å². The molecule has 27 heavy (non-hydrogen) atoms. The van der Waals surface area contributed by atoms with Crippen LogP contribution in [0.4, 0.5) is 10.5 Å². The predicted octanol–water partition coefficient (Wildman–Crippen LogP) is 3.58. The topological polar surface area (TPSA) is 91.5 Å². The first-order valence-corrected chi connectivity index (χ1v) is 9.75. The van der Waals surface area contributed by atoms with Crippen LogP contribution >= 0.6 is 12.2 Å². The van der Waals surface area contributed by atoms with Crippen molar-refractivity contribution in [2.45, 2.75) is 46.5 Å². The molecule has 1 atom stereocenters. The van der Waals surface area contributed by atoms with Crippen molar-refractivity contribution >= 4 is 35.0 Å². The second-order valence-corrected chi connectivity index (χ2v) is 6.72. The largest absolute Gasteiger partial charge is 0.450 e. The van der Waals surface area contributed by atoms with Crippen LogP contribution in [-0.2, 0) is 4.74 Å². The summed E-state index contributed by atoms with van der Waals surface area (Å²) >= 11 is 5.17. The second-order valence-electron chi connectivity index (χ2n) is 6.31. The van der Waals surface area contributed by atoms with Gasteiger partial charge in [0.15, 0.2) is 5.11 Å². The quantitative estimate of drug-likeness (QED) is 0.291. The number of benzene rings is 1. The Kier molecular flexibility index (Phi) is 10.9. The highest BCUT2D eigenvalue weighted by Gasteiger charge is 2.08. The number of hydrazine groups is 1. The molecule has 4 N–H and O–H groups in total. The van der Waals surface area contributed by atoms with Crippen LogP contribution in [0.3, 0.4) is 0 Å². The fraction of sp³-hybridized carbons (Fsp3) is 0.526. The Bertz CT molecular complexity index is 607. The van der Waals surface area contributed by atoms with Gasteiger partial charge in [-0.05, 0) is 55.7 Å². The van der Waals surface area contributed by atoms with Crippen LogP contribution in [0.15, 0.2) is 24.3 Å². The van der Waals surface area contributed by atoms with Gasteiger partial charge >= 0.3 is 6.09 Å². The SMILES string of the molecule is CCCCC[C@@H](C)CNC(=S)NNC(=O)c1ccc(NC(=O)OCC)cc1. The van der Waals surface area contributed by atoms with Crippen molar-refractivity contribution in [2.75, 3.05) is 18.5 Å². The summed E-state index contributed by atoms with van der Waals surface area (Å²) in [4.78, 5) is 23.5. The molecule has 0 bridgehead atoms. The van der Waals surface area contributed by atoms with Crippen LogP contribution in [0.2, 0.25) is 0 Å². The minimum atomic E-state index is -0.531. The Balaban J connectivity index is 2.32. The molecule has 0 radical (unpaired) electrons. The number of amides is 2. The molecule has 150 valence electrons. The molecule has 0 aliphatic heterocycles. The minimum Gasteiger partial charge on any atom is -0.450 e. The number of carbonyl (C=O) groups excluding carboxylic acids is 2. The van der Waals surface area contributed by atoms with E-state index in [0.29, 0.717) is 28.9 Å². The van der Waals surface area contributed by atoms with Crippen molar-refractivity contribution in [2.24, 2.45) is 5.92 Å². The van der Waals surface area contributed by atoms with E-state index in [-0.39, 0.29) is 5.91 Å². The maximum atomic E-state index is 12.1. The third-order valence-corrected chi connectivity index (χ3v) is 4.12. The highest BCUT2D eigenvalue weighted by atomic mass is 32.1. The van der Waals surface area contributed by atoms with Crippen LogP contribution < -0.4 is 21.5 Å². The van der Waals surface area contributed by atoms with Crippen molar-refractivity contribution in [1.82, 2.24) is 16.2 Å². The number of carbonyl (C=O) groups is 2. The molecule has 1 aromatic carbocycles. The van der Waals surface area contributed by atoms with Gasteiger partial charge in [0.1, 0.15) is 0 Å². The lowest BCUT2D eigenvalue weighted by Gasteiger charge is -2.15. The third-order valence-electron chi connectivity index (χ3n) is 3.87. The summed E-state index contributed by atoms with van der Waals surface area (Å²) in [6.07, 6.45) is 4.30. The summed E-state index contributed by atoms with van der Waals surface area (Å²) in [6.45, 7) is 7.15. The van der Waals surface area contributed by atoms with Gasteiger partial charge in [-0.25, -0.2) is 4.79 Å². The summed E-state index contributed by atoms with van der Waals surface area (Å²) in [5.74, 6) is 0.198. The summed E-state index contributed by atoms with van der Waals surface area (Å²) in [7, 11) is 0. The first kappa shape index (κ1) is 22.7. The Labute approximate surface area is 166 Å². The molecule has 0 unspecified atom stereocenters. The molecule has 0 saturated carbocycles. The molecule has 8 heteroatoms. The van der Waals surface area contributed by atoms with E-state index in [1.54, 1.807) is 31.2 Å². The highest BCUT2D eigenvalue weighted by molar-refractivity contribution is 7.80. The van der Waals surface area contributed by atoms with Gasteiger partial charge in [-0.15, -0.1) is 0 Å². The first-order valence-electron chi connectivity index (χ1n) is 9.34. The molecule has 7 nitrogen and oxygen atoms in total. The molecule has 1 rings (SSSR count). The van der Waals surface area contributed by atoms with Crippen molar-refractivity contribution in [1.29, 1.82) is 0 Å². The van der Waals surface area contributed by atoms with Crippen molar-refractivity contribution in [3.05, 3.63) is 29.8 Å². The summed E-state index contributed by atoms with van der Waals surface area (Å²) in [5.41, 5.74) is 6.23. The Morgan fingerprint density at radius 2 is 1.81 bits per heavy atom. The van der Waals surface area contributed by atoms with Crippen LogP contribution in [0.1, 0.15) is 56.8 Å². The standard InChI is InChI=1S/C19H30N4O3S/c1-4-6-7-8-14(3)13-20-18(27)23-22-17(24)15-9-11-16(12-10-15)21-19(25)26-5-2/h9-12,14H,4-8,13H2,1-3H3,(H,21,25)(H,22,24)(H2,20,23,27)/t14-/m1/s1. The van der Waals surface area contributed by atoms with E-state index in [1.165, 1.54) is 19.3 Å². The minimum absolute atomic E-state index is 0.295. The van der Waals surface area contributed by atoms with Crippen LogP contribution in [-0.4, -0.2) is 30.3 Å². The lowest BCUT2D eigenvalue weighted by molar-refractivity contribution is 0.0943. The van der Waals surface area contributed by atoms with E-state index in [4.69, 9.17) is 17.0 Å². The van der Waals surface area contributed by atoms with Crippen LogP contribution in [0.5, 0.6) is 0 Å². The average molecular weight is 395 g/mol. The van der Waals surface area contributed by atoms with Crippen LogP contribution in [0, 0.1) is 5.92 Å². The summed E-state index contributed by atoms with van der Waals surface area (Å²) < 4.78 is 4.79. The predicted molar refractivity (Wildman–Crippen MR) is 112 cm³/mol. The van der Waals surface area contributed by atoms with Crippen LogP contribution in [0.25, 0.3) is 0 Å². The maximum absolute atomic E-state index is 12.1. The molecule has 1 aromatic rings. The summed E-state index contributed by atoms with van der Waals surface area (Å²) in [6, 6.07) is 6.45. The fourth-order valence-electron chi connectivity index (χ4n) is 2.33. The van der Waals surface area contributed by atoms with Gasteiger partial charge in [0.25, 0.3) is 5.91 Å². The number of unbranched alkanes of at least 4 members (excludes halogenated alkanes) is 2. The monoisotopic (exact) mass is 394 g/mol. The molecule has 0 saturated heterocycles. The zero-order valence-corrected chi connectivity index (χ0v) is 17.1. The molecular weight excluding hydrogens is 364 g/mol. The molecule has 2 amide bonds. The van der Waals surface area contributed by atoms with Gasteiger partial charge in [-0.3, -0.25) is 21.0 Å². The van der Waals surface area contributed by atoms with Gasteiger partial charge in [0.05, 0.1) is 6.61 Å². The number of thiocarbonyl (C=S) groups is 1. The van der Waals surface area contributed by atoms with E-state index in [9.17, 15) is 9.59 Å². The normalized spacial score (nSPS) is 11.2. The first-order chi connectivity index (χ1) is 13.0. The van der Waals surface area contributed by atoms with Gasteiger partial charge in [-0.1, -0.05) is 33.1 Å². The number of nitrogens with one attached hydrogen (secondary N) is 4. The lowest BCUT2D eigenvalue weighted by Crippen LogP contribution is -2.47. The second kappa shape index (κ2) is 12.9. The zero-order chi connectivity index (χ0) is 20.1. The smallest absolute Gasteiger partial charge is 0.411 e. The molecule has 0 aliphatic rings. The fourth-order valence-corrected chi connectivity index (χ4v) is 2.47. The number of ether oxygens (including phenoxy) is 1. The molecular formula is C19H30N4O3S.